The maximum Gasteiger partial charge on any atom is 0.180 e. The van der Waals surface area contributed by atoms with Crippen molar-refractivity contribution in [1.29, 1.82) is 0 Å². The van der Waals surface area contributed by atoms with Crippen molar-refractivity contribution in [3.05, 3.63) is 46.4 Å². The first-order chi connectivity index (χ1) is 9.17. The van der Waals surface area contributed by atoms with E-state index in [0.717, 1.165) is 5.19 Å². The molecule has 2 rings (SSSR count). The Morgan fingerprint density at radius 2 is 1.58 bits per heavy atom. The van der Waals surface area contributed by atoms with E-state index in [9.17, 15) is 0 Å². The van der Waals surface area contributed by atoms with Gasteiger partial charge in [-0.1, -0.05) is 58.7 Å². The standard InChI is InChI=1S/C14H12Cl2O2Si/c1-17-13-10(15)8-11(12(16)14(13)18-2)19-9-6-4-3-5-7-9/h3-8H,1-2H3. The number of halogens is 2. The summed E-state index contributed by atoms with van der Waals surface area (Å²) in [7, 11) is 3.51. The third-order valence-electron chi connectivity index (χ3n) is 2.59. The summed E-state index contributed by atoms with van der Waals surface area (Å²) in [5.41, 5.74) is 0. The smallest absolute Gasteiger partial charge is 0.180 e. The number of rotatable bonds is 4. The van der Waals surface area contributed by atoms with Gasteiger partial charge in [0.15, 0.2) is 11.5 Å². The highest BCUT2D eigenvalue weighted by molar-refractivity contribution is 6.70. The molecular weight excluding hydrogens is 299 g/mol. The van der Waals surface area contributed by atoms with E-state index in [2.05, 4.69) is 12.1 Å². The van der Waals surface area contributed by atoms with Crippen molar-refractivity contribution < 1.29 is 9.47 Å². The van der Waals surface area contributed by atoms with Gasteiger partial charge in [0, 0.05) is 0 Å². The van der Waals surface area contributed by atoms with Gasteiger partial charge in [-0.15, -0.1) is 0 Å². The van der Waals surface area contributed by atoms with Gasteiger partial charge in [0.05, 0.1) is 24.3 Å². The van der Waals surface area contributed by atoms with E-state index >= 15 is 0 Å². The predicted molar refractivity (Wildman–Crippen MR) is 81.0 cm³/mol. The van der Waals surface area contributed by atoms with Crippen molar-refractivity contribution in [2.24, 2.45) is 0 Å². The lowest BCUT2D eigenvalue weighted by Gasteiger charge is -2.14. The van der Waals surface area contributed by atoms with Gasteiger partial charge in [0.1, 0.15) is 9.52 Å². The second-order valence-corrected chi connectivity index (χ2v) is 5.93. The van der Waals surface area contributed by atoms with Gasteiger partial charge >= 0.3 is 0 Å². The molecule has 0 bridgehead atoms. The van der Waals surface area contributed by atoms with Crippen LogP contribution < -0.4 is 19.8 Å². The molecule has 2 aromatic rings. The molecule has 0 atom stereocenters. The molecule has 0 fully saturated rings. The first kappa shape index (κ1) is 14.3. The summed E-state index contributed by atoms with van der Waals surface area (Å²) >= 11 is 12.6. The summed E-state index contributed by atoms with van der Waals surface area (Å²) in [5, 5.41) is 3.18. The van der Waals surface area contributed by atoms with Gasteiger partial charge in [0.25, 0.3) is 0 Å². The lowest BCUT2D eigenvalue weighted by Crippen LogP contribution is -2.28. The van der Waals surface area contributed by atoms with Crippen LogP contribution in [0, 0.1) is 0 Å². The molecule has 2 radical (unpaired) electrons. The molecule has 0 amide bonds. The number of ether oxygens (including phenoxy) is 2. The van der Waals surface area contributed by atoms with E-state index in [-0.39, 0.29) is 0 Å². The molecule has 0 heterocycles. The van der Waals surface area contributed by atoms with Crippen LogP contribution in [-0.4, -0.2) is 23.7 Å². The third kappa shape index (κ3) is 3.05. The minimum absolute atomic E-state index is 0.417. The molecule has 2 aromatic carbocycles. The zero-order valence-corrected chi connectivity index (χ0v) is 13.0. The van der Waals surface area contributed by atoms with Gasteiger partial charge in [-0.05, 0) is 11.3 Å². The fourth-order valence-electron chi connectivity index (χ4n) is 1.73. The Hall–Kier alpha value is -1.16. The predicted octanol–water partition coefficient (Wildman–Crippen LogP) is 2.67. The summed E-state index contributed by atoms with van der Waals surface area (Å²) in [4.78, 5) is 0. The van der Waals surface area contributed by atoms with Crippen LogP contribution in [0.2, 0.25) is 10.0 Å². The number of methoxy groups -OCH3 is 2. The average molecular weight is 311 g/mol. The summed E-state index contributed by atoms with van der Waals surface area (Å²) in [6.45, 7) is 0. The van der Waals surface area contributed by atoms with Crippen molar-refractivity contribution in [3.8, 4) is 11.5 Å². The average Bonchev–Trinajstić information content (AvgIpc) is 2.43. The largest absolute Gasteiger partial charge is 0.491 e. The number of hydrogen-bond donors (Lipinski definition) is 0. The first-order valence-corrected chi connectivity index (χ1v) is 7.35. The zero-order valence-electron chi connectivity index (χ0n) is 10.5. The van der Waals surface area contributed by atoms with Crippen LogP contribution >= 0.6 is 23.2 Å². The van der Waals surface area contributed by atoms with Gasteiger partial charge in [-0.3, -0.25) is 0 Å². The van der Waals surface area contributed by atoms with E-state index in [1.807, 2.05) is 24.3 Å². The fraction of sp³-hybridized carbons (Fsp3) is 0.143. The summed E-state index contributed by atoms with van der Waals surface area (Å²) in [5.74, 6) is 0.950. The lowest BCUT2D eigenvalue weighted by molar-refractivity contribution is 0.355. The van der Waals surface area contributed by atoms with Crippen molar-refractivity contribution in [2.45, 2.75) is 0 Å². The van der Waals surface area contributed by atoms with Crippen LogP contribution in [0.5, 0.6) is 11.5 Å². The first-order valence-electron chi connectivity index (χ1n) is 5.59. The van der Waals surface area contributed by atoms with Crippen LogP contribution in [0.3, 0.4) is 0 Å². The summed E-state index contributed by atoms with van der Waals surface area (Å²) in [6.07, 6.45) is 0. The molecular formula is C14H12Cl2O2Si. The Bertz CT molecular complexity index is 573. The van der Waals surface area contributed by atoms with Gasteiger partial charge < -0.3 is 9.47 Å². The normalized spacial score (nSPS) is 10.3. The molecule has 0 unspecified atom stereocenters. The minimum atomic E-state index is 0.417. The molecule has 0 aliphatic heterocycles. The molecule has 0 saturated carbocycles. The molecule has 19 heavy (non-hydrogen) atoms. The molecule has 98 valence electrons. The van der Waals surface area contributed by atoms with Crippen molar-refractivity contribution >= 4 is 43.1 Å². The second-order valence-electron chi connectivity index (χ2n) is 3.78. The van der Waals surface area contributed by atoms with Crippen LogP contribution in [-0.2, 0) is 0 Å². The van der Waals surface area contributed by atoms with E-state index in [1.54, 1.807) is 14.2 Å². The lowest BCUT2D eigenvalue weighted by atomic mass is 10.3. The van der Waals surface area contributed by atoms with Crippen molar-refractivity contribution in [2.75, 3.05) is 14.2 Å². The van der Waals surface area contributed by atoms with Crippen molar-refractivity contribution in [3.63, 3.8) is 0 Å². The van der Waals surface area contributed by atoms with E-state index in [4.69, 9.17) is 32.7 Å². The van der Waals surface area contributed by atoms with Crippen LogP contribution in [0.15, 0.2) is 36.4 Å². The molecule has 0 aliphatic rings. The SMILES string of the molecule is COc1c(Cl)cc([Si]c2ccccc2)c(Cl)c1OC. The zero-order chi connectivity index (χ0) is 13.8. The Kier molecular flexibility index (Phi) is 4.74. The Morgan fingerprint density at radius 1 is 0.947 bits per heavy atom. The van der Waals surface area contributed by atoms with Gasteiger partial charge in [-0.25, -0.2) is 0 Å². The quantitative estimate of drug-likeness (QED) is 0.808. The van der Waals surface area contributed by atoms with E-state index in [0.29, 0.717) is 31.1 Å². The highest BCUT2D eigenvalue weighted by Gasteiger charge is 2.18. The van der Waals surface area contributed by atoms with Gasteiger partial charge in [-0.2, -0.15) is 0 Å². The van der Waals surface area contributed by atoms with Crippen LogP contribution in [0.4, 0.5) is 0 Å². The third-order valence-corrected chi connectivity index (χ3v) is 4.69. The second kappa shape index (κ2) is 6.33. The Labute approximate surface area is 125 Å². The maximum absolute atomic E-state index is 6.36. The van der Waals surface area contributed by atoms with Crippen LogP contribution in [0.25, 0.3) is 0 Å². The maximum atomic E-state index is 6.36. The molecule has 2 nitrogen and oxygen atoms in total. The van der Waals surface area contributed by atoms with E-state index in [1.165, 1.54) is 5.19 Å². The van der Waals surface area contributed by atoms with E-state index < -0.39 is 0 Å². The Balaban J connectivity index is 2.44. The monoisotopic (exact) mass is 310 g/mol. The Morgan fingerprint density at radius 3 is 2.16 bits per heavy atom. The molecule has 0 spiro atoms. The summed E-state index contributed by atoms with van der Waals surface area (Å²) < 4.78 is 10.5. The molecule has 0 N–H and O–H groups in total. The highest BCUT2D eigenvalue weighted by Crippen LogP contribution is 2.39. The molecule has 0 aromatic heterocycles. The minimum Gasteiger partial charge on any atom is -0.491 e. The fourth-order valence-corrected chi connectivity index (χ4v) is 3.56. The van der Waals surface area contributed by atoms with Crippen LogP contribution in [0.1, 0.15) is 0 Å². The highest BCUT2D eigenvalue weighted by atomic mass is 35.5. The topological polar surface area (TPSA) is 18.5 Å². The molecule has 0 aliphatic carbocycles. The molecule has 5 heteroatoms. The summed E-state index contributed by atoms with van der Waals surface area (Å²) in [6, 6.07) is 11.9. The van der Waals surface area contributed by atoms with Gasteiger partial charge in [0.2, 0.25) is 0 Å². The number of benzene rings is 2. The molecule has 0 saturated heterocycles. The number of hydrogen-bond acceptors (Lipinski definition) is 2. The van der Waals surface area contributed by atoms with Crippen molar-refractivity contribution in [1.82, 2.24) is 0 Å².